The highest BCUT2D eigenvalue weighted by Crippen LogP contribution is 2.24. The van der Waals surface area contributed by atoms with E-state index in [0.717, 1.165) is 0 Å². The van der Waals surface area contributed by atoms with Gasteiger partial charge in [0.1, 0.15) is 0 Å². The molecule has 0 saturated carbocycles. The van der Waals surface area contributed by atoms with E-state index in [4.69, 9.17) is 9.47 Å². The van der Waals surface area contributed by atoms with Crippen molar-refractivity contribution in [3.8, 4) is 0 Å². The fourth-order valence-corrected chi connectivity index (χ4v) is 1.67. The normalized spacial score (nSPS) is 21.6. The van der Waals surface area contributed by atoms with E-state index in [1.807, 2.05) is 19.9 Å². The molecule has 0 unspecified atom stereocenters. The number of cyclic esters (lactones) is 1. The number of nitrogens with zero attached hydrogens (tertiary/aromatic N) is 1. The van der Waals surface area contributed by atoms with Crippen LogP contribution in [0.4, 0.5) is 0 Å². The minimum Gasteiger partial charge on any atom is -0.463 e. The molecule has 2 rings (SSSR count). The predicted octanol–water partition coefficient (Wildman–Crippen LogP) is 1.95. The average Bonchev–Trinajstić information content (AvgIpc) is 2.74. The first-order valence-electron chi connectivity index (χ1n) is 6.48. The maximum absolute atomic E-state index is 12.0. The molecule has 0 N–H and O–H groups in total. The lowest BCUT2D eigenvalue weighted by Gasteiger charge is -2.15. The van der Waals surface area contributed by atoms with Crippen LogP contribution in [0.2, 0.25) is 0 Å². The highest BCUT2D eigenvalue weighted by atomic mass is 16.6. The molecule has 0 aromatic heterocycles. The van der Waals surface area contributed by atoms with E-state index in [1.54, 1.807) is 24.3 Å². The maximum atomic E-state index is 12.0. The van der Waals surface area contributed by atoms with E-state index >= 15 is 0 Å². The molecular formula is C15H17NO4. The zero-order valence-electron chi connectivity index (χ0n) is 11.8. The van der Waals surface area contributed by atoms with Gasteiger partial charge in [0.2, 0.25) is 5.90 Å². The van der Waals surface area contributed by atoms with Crippen LogP contribution >= 0.6 is 0 Å². The topological polar surface area (TPSA) is 65.0 Å². The summed E-state index contributed by atoms with van der Waals surface area (Å²) in [6.07, 6.45) is 0. The molecule has 0 fully saturated rings. The summed E-state index contributed by atoms with van der Waals surface area (Å²) in [4.78, 5) is 28.1. The summed E-state index contributed by atoms with van der Waals surface area (Å²) in [7, 11) is 0. The molecule has 20 heavy (non-hydrogen) atoms. The van der Waals surface area contributed by atoms with E-state index in [1.165, 1.54) is 6.92 Å². The fourth-order valence-electron chi connectivity index (χ4n) is 1.67. The molecular weight excluding hydrogens is 258 g/mol. The fraction of sp³-hybridized carbons (Fsp3) is 0.400. The third-order valence-corrected chi connectivity index (χ3v) is 2.88. The van der Waals surface area contributed by atoms with Gasteiger partial charge in [-0.2, -0.15) is 0 Å². The Morgan fingerprint density at radius 1 is 1.35 bits per heavy atom. The molecule has 0 bridgehead atoms. The van der Waals surface area contributed by atoms with Gasteiger partial charge in [-0.1, -0.05) is 32.0 Å². The van der Waals surface area contributed by atoms with E-state index in [-0.39, 0.29) is 18.4 Å². The minimum atomic E-state index is -1.61. The van der Waals surface area contributed by atoms with Crippen molar-refractivity contribution >= 4 is 17.8 Å². The van der Waals surface area contributed by atoms with E-state index in [0.29, 0.717) is 5.56 Å². The van der Waals surface area contributed by atoms with Crippen molar-refractivity contribution in [3.63, 3.8) is 0 Å². The van der Waals surface area contributed by atoms with Crippen molar-refractivity contribution in [2.24, 2.45) is 10.9 Å². The monoisotopic (exact) mass is 275 g/mol. The highest BCUT2D eigenvalue weighted by molar-refractivity contribution is 6.16. The smallest absolute Gasteiger partial charge is 0.352 e. The van der Waals surface area contributed by atoms with Crippen molar-refractivity contribution < 1.29 is 19.1 Å². The summed E-state index contributed by atoms with van der Waals surface area (Å²) in [5, 5.41) is 0. The Kier molecular flexibility index (Phi) is 3.88. The molecule has 0 amide bonds. The first kappa shape index (κ1) is 14.2. The first-order valence-corrected chi connectivity index (χ1v) is 6.48. The number of rotatable bonds is 4. The SMILES string of the molecule is CC(C)COC(=O)[C@]1(C)N=C(c2ccccc2)OC1=O. The largest absolute Gasteiger partial charge is 0.463 e. The quantitative estimate of drug-likeness (QED) is 0.622. The Labute approximate surface area is 117 Å². The second-order valence-corrected chi connectivity index (χ2v) is 5.24. The van der Waals surface area contributed by atoms with Crippen LogP contribution in [0.3, 0.4) is 0 Å². The van der Waals surface area contributed by atoms with Crippen LogP contribution in [-0.2, 0) is 19.1 Å². The van der Waals surface area contributed by atoms with Crippen LogP contribution in [0.15, 0.2) is 35.3 Å². The van der Waals surface area contributed by atoms with Crippen molar-refractivity contribution in [2.75, 3.05) is 6.61 Å². The van der Waals surface area contributed by atoms with Gasteiger partial charge in [-0.25, -0.2) is 14.6 Å². The van der Waals surface area contributed by atoms with Crippen LogP contribution in [0.1, 0.15) is 26.3 Å². The Balaban J connectivity index is 2.21. The number of esters is 2. The first-order chi connectivity index (χ1) is 9.43. The third-order valence-electron chi connectivity index (χ3n) is 2.88. The summed E-state index contributed by atoms with van der Waals surface area (Å²) >= 11 is 0. The zero-order valence-corrected chi connectivity index (χ0v) is 11.8. The molecule has 0 saturated heterocycles. The van der Waals surface area contributed by atoms with Crippen LogP contribution in [0.25, 0.3) is 0 Å². The lowest BCUT2D eigenvalue weighted by molar-refractivity contribution is -0.157. The van der Waals surface area contributed by atoms with Crippen LogP contribution in [0, 0.1) is 5.92 Å². The predicted molar refractivity (Wildman–Crippen MR) is 73.3 cm³/mol. The molecule has 0 aliphatic carbocycles. The van der Waals surface area contributed by atoms with Gasteiger partial charge >= 0.3 is 11.9 Å². The van der Waals surface area contributed by atoms with E-state index < -0.39 is 17.5 Å². The van der Waals surface area contributed by atoms with Crippen LogP contribution < -0.4 is 0 Å². The number of hydrogen-bond acceptors (Lipinski definition) is 5. The van der Waals surface area contributed by atoms with Gasteiger partial charge in [0.15, 0.2) is 0 Å². The minimum absolute atomic E-state index is 0.152. The zero-order chi connectivity index (χ0) is 14.8. The van der Waals surface area contributed by atoms with Gasteiger partial charge in [-0.15, -0.1) is 0 Å². The molecule has 1 heterocycles. The number of carbonyl (C=O) groups is 2. The second kappa shape index (κ2) is 5.45. The van der Waals surface area contributed by atoms with E-state index in [2.05, 4.69) is 4.99 Å². The average molecular weight is 275 g/mol. The Morgan fingerprint density at radius 2 is 2.00 bits per heavy atom. The number of benzene rings is 1. The van der Waals surface area contributed by atoms with E-state index in [9.17, 15) is 9.59 Å². The highest BCUT2D eigenvalue weighted by Gasteiger charge is 2.50. The van der Waals surface area contributed by atoms with Gasteiger partial charge in [-0.05, 0) is 25.0 Å². The molecule has 0 spiro atoms. The molecule has 1 aromatic carbocycles. The van der Waals surface area contributed by atoms with Crippen molar-refractivity contribution in [1.29, 1.82) is 0 Å². The summed E-state index contributed by atoms with van der Waals surface area (Å²) < 4.78 is 10.2. The van der Waals surface area contributed by atoms with Gasteiger partial charge in [0, 0.05) is 5.56 Å². The number of ether oxygens (including phenoxy) is 2. The lowest BCUT2D eigenvalue weighted by atomic mass is 10.1. The second-order valence-electron chi connectivity index (χ2n) is 5.24. The number of hydrogen-bond donors (Lipinski definition) is 0. The Morgan fingerprint density at radius 3 is 2.60 bits per heavy atom. The van der Waals surface area contributed by atoms with Crippen LogP contribution in [-0.4, -0.2) is 30.0 Å². The van der Waals surface area contributed by atoms with Gasteiger partial charge in [-0.3, -0.25) is 0 Å². The molecule has 1 atom stereocenters. The van der Waals surface area contributed by atoms with Crippen molar-refractivity contribution in [3.05, 3.63) is 35.9 Å². The summed E-state index contributed by atoms with van der Waals surface area (Å²) in [5.41, 5.74) is -0.957. The number of carbonyl (C=O) groups excluding carboxylic acids is 2. The van der Waals surface area contributed by atoms with Crippen molar-refractivity contribution in [2.45, 2.75) is 26.3 Å². The standard InChI is InChI=1S/C15H17NO4/c1-10(2)9-19-13(17)15(3)14(18)20-12(16-15)11-7-5-4-6-8-11/h4-8,10H,9H2,1-3H3/t15-/m0/s1. The molecule has 1 aromatic rings. The van der Waals surface area contributed by atoms with Gasteiger partial charge in [0.25, 0.3) is 5.54 Å². The maximum Gasteiger partial charge on any atom is 0.352 e. The summed E-state index contributed by atoms with van der Waals surface area (Å²) in [6, 6.07) is 8.97. The molecule has 1 aliphatic heterocycles. The van der Waals surface area contributed by atoms with Gasteiger partial charge in [0.05, 0.1) is 6.61 Å². The molecule has 1 aliphatic rings. The van der Waals surface area contributed by atoms with Gasteiger partial charge < -0.3 is 9.47 Å². The Hall–Kier alpha value is -2.17. The van der Waals surface area contributed by atoms with Crippen molar-refractivity contribution in [1.82, 2.24) is 0 Å². The lowest BCUT2D eigenvalue weighted by Crippen LogP contribution is -2.41. The molecule has 106 valence electrons. The Bertz CT molecular complexity index is 550. The molecule has 5 heteroatoms. The summed E-state index contributed by atoms with van der Waals surface area (Å²) in [6.45, 7) is 5.49. The summed E-state index contributed by atoms with van der Waals surface area (Å²) in [5.74, 6) is -1.04. The number of aliphatic imine (C=N–C) groups is 1. The van der Waals surface area contributed by atoms with Crippen LogP contribution in [0.5, 0.6) is 0 Å². The molecule has 5 nitrogen and oxygen atoms in total. The third kappa shape index (κ3) is 2.71. The molecule has 0 radical (unpaired) electrons.